The SMILES string of the molecule is CCc1cccc(CC)c1NC(=O)C(C)N1C(=O)C(C)(C)Oc2ccc([N+](=O)[O-])nc21. The molecule has 0 saturated carbocycles. The van der Waals surface area contributed by atoms with Gasteiger partial charge >= 0.3 is 5.82 Å². The highest BCUT2D eigenvalue weighted by molar-refractivity contribution is 6.09. The lowest BCUT2D eigenvalue weighted by Gasteiger charge is -2.38. The Labute approximate surface area is 180 Å². The zero-order valence-electron chi connectivity index (χ0n) is 18.3. The Kier molecular flexibility index (Phi) is 5.97. The van der Waals surface area contributed by atoms with E-state index in [4.69, 9.17) is 4.74 Å². The molecular weight excluding hydrogens is 400 g/mol. The fourth-order valence-corrected chi connectivity index (χ4v) is 3.59. The smallest absolute Gasteiger partial charge is 0.366 e. The molecule has 0 spiro atoms. The molecule has 9 nitrogen and oxygen atoms in total. The van der Waals surface area contributed by atoms with Gasteiger partial charge in [-0.25, -0.2) is 0 Å². The summed E-state index contributed by atoms with van der Waals surface area (Å²) in [7, 11) is 0. The molecule has 2 aromatic rings. The number of aromatic nitrogens is 1. The lowest BCUT2D eigenvalue weighted by Crippen LogP contribution is -2.58. The van der Waals surface area contributed by atoms with Crippen molar-refractivity contribution in [1.29, 1.82) is 0 Å². The van der Waals surface area contributed by atoms with Crippen LogP contribution >= 0.6 is 0 Å². The van der Waals surface area contributed by atoms with Crippen LogP contribution in [0, 0.1) is 10.1 Å². The van der Waals surface area contributed by atoms with Crippen LogP contribution in [0.3, 0.4) is 0 Å². The van der Waals surface area contributed by atoms with Gasteiger partial charge in [-0.15, -0.1) is 0 Å². The molecule has 1 aliphatic heterocycles. The van der Waals surface area contributed by atoms with Gasteiger partial charge in [0.15, 0.2) is 11.4 Å². The number of carbonyl (C=O) groups is 2. The predicted molar refractivity (Wildman–Crippen MR) is 116 cm³/mol. The van der Waals surface area contributed by atoms with Crippen molar-refractivity contribution >= 4 is 29.1 Å². The van der Waals surface area contributed by atoms with Gasteiger partial charge in [-0.3, -0.25) is 14.5 Å². The van der Waals surface area contributed by atoms with E-state index in [1.165, 1.54) is 17.0 Å². The normalized spacial score (nSPS) is 15.6. The van der Waals surface area contributed by atoms with Crippen molar-refractivity contribution in [2.45, 2.75) is 59.1 Å². The molecule has 164 valence electrons. The first-order chi connectivity index (χ1) is 14.6. The Hall–Kier alpha value is -3.49. The van der Waals surface area contributed by atoms with E-state index in [0.717, 1.165) is 29.7 Å². The van der Waals surface area contributed by atoms with E-state index in [0.29, 0.717) is 0 Å². The molecule has 2 heterocycles. The summed E-state index contributed by atoms with van der Waals surface area (Å²) in [5.41, 5.74) is 1.46. The second-order valence-corrected chi connectivity index (χ2v) is 7.86. The first kappa shape index (κ1) is 22.2. The minimum Gasteiger partial charge on any atom is -0.472 e. The third-order valence-corrected chi connectivity index (χ3v) is 5.35. The first-order valence-electron chi connectivity index (χ1n) is 10.2. The highest BCUT2D eigenvalue weighted by Gasteiger charge is 2.47. The summed E-state index contributed by atoms with van der Waals surface area (Å²) in [6, 6.07) is 7.47. The van der Waals surface area contributed by atoms with Crippen LogP contribution in [-0.2, 0) is 22.4 Å². The van der Waals surface area contributed by atoms with E-state index in [2.05, 4.69) is 10.3 Å². The number of nitrogens with one attached hydrogen (secondary N) is 1. The Bertz CT molecular complexity index is 1030. The molecule has 9 heteroatoms. The number of fused-ring (bicyclic) bond motifs is 1. The molecule has 1 aliphatic rings. The highest BCUT2D eigenvalue weighted by atomic mass is 16.6. The molecule has 0 bridgehead atoms. The van der Waals surface area contributed by atoms with Crippen LogP contribution < -0.4 is 15.0 Å². The second kappa shape index (κ2) is 8.33. The second-order valence-electron chi connectivity index (χ2n) is 7.86. The Morgan fingerprint density at radius 1 is 1.23 bits per heavy atom. The lowest BCUT2D eigenvalue weighted by atomic mass is 10.0. The quantitative estimate of drug-likeness (QED) is 0.557. The molecule has 2 amide bonds. The summed E-state index contributed by atoms with van der Waals surface area (Å²) < 4.78 is 5.71. The van der Waals surface area contributed by atoms with Gasteiger partial charge in [-0.2, -0.15) is 0 Å². The van der Waals surface area contributed by atoms with Gasteiger partial charge in [0.05, 0.1) is 0 Å². The van der Waals surface area contributed by atoms with Crippen molar-refractivity contribution < 1.29 is 19.2 Å². The van der Waals surface area contributed by atoms with Crippen molar-refractivity contribution in [2.75, 3.05) is 10.2 Å². The third-order valence-electron chi connectivity index (χ3n) is 5.35. The average Bonchev–Trinajstić information content (AvgIpc) is 2.73. The van der Waals surface area contributed by atoms with Crippen LogP contribution in [0.15, 0.2) is 30.3 Å². The highest BCUT2D eigenvalue weighted by Crippen LogP contribution is 2.39. The van der Waals surface area contributed by atoms with Gasteiger partial charge in [-0.05, 0) is 60.7 Å². The van der Waals surface area contributed by atoms with Crippen molar-refractivity contribution in [3.63, 3.8) is 0 Å². The van der Waals surface area contributed by atoms with Gasteiger partial charge in [0.25, 0.3) is 11.7 Å². The molecule has 1 aromatic carbocycles. The molecule has 0 fully saturated rings. The van der Waals surface area contributed by atoms with Crippen LogP contribution in [0.1, 0.15) is 45.7 Å². The molecule has 1 atom stereocenters. The maximum Gasteiger partial charge on any atom is 0.366 e. The van der Waals surface area contributed by atoms with Crippen molar-refractivity contribution in [3.05, 3.63) is 51.6 Å². The number of nitro groups is 1. The number of pyridine rings is 1. The van der Waals surface area contributed by atoms with E-state index in [1.54, 1.807) is 20.8 Å². The first-order valence-corrected chi connectivity index (χ1v) is 10.2. The Morgan fingerprint density at radius 2 is 1.84 bits per heavy atom. The van der Waals surface area contributed by atoms with Crippen molar-refractivity contribution in [1.82, 2.24) is 4.98 Å². The minimum absolute atomic E-state index is 0.0410. The summed E-state index contributed by atoms with van der Waals surface area (Å²) in [6.07, 6.45) is 1.47. The largest absolute Gasteiger partial charge is 0.472 e. The number of anilines is 2. The fraction of sp³-hybridized carbons (Fsp3) is 0.409. The molecule has 0 saturated heterocycles. The summed E-state index contributed by atoms with van der Waals surface area (Å²) in [5.74, 6) is -1.19. The number of rotatable bonds is 6. The number of hydrogen-bond acceptors (Lipinski definition) is 6. The number of benzene rings is 1. The van der Waals surface area contributed by atoms with Crippen LogP contribution in [0.4, 0.5) is 17.3 Å². The standard InChI is InChI=1S/C22H26N4O5/c1-6-14-9-8-10-15(7-2)18(14)24-20(27)13(3)25-19-16(31-22(4,5)21(25)28)11-12-17(23-19)26(29)30/h8-13H,6-7H2,1-5H3,(H,24,27). The third kappa shape index (κ3) is 4.08. The average molecular weight is 426 g/mol. The minimum atomic E-state index is -1.25. The van der Waals surface area contributed by atoms with Crippen molar-refractivity contribution in [2.24, 2.45) is 0 Å². The summed E-state index contributed by atoms with van der Waals surface area (Å²) in [5, 5.41) is 14.2. The molecule has 1 unspecified atom stereocenters. The number of aryl methyl sites for hydroxylation is 2. The van der Waals surface area contributed by atoms with E-state index in [1.807, 2.05) is 32.0 Å². The van der Waals surface area contributed by atoms with Gasteiger partial charge in [0.1, 0.15) is 6.04 Å². The molecule has 0 aliphatic carbocycles. The van der Waals surface area contributed by atoms with E-state index in [9.17, 15) is 19.7 Å². The molecule has 31 heavy (non-hydrogen) atoms. The van der Waals surface area contributed by atoms with E-state index >= 15 is 0 Å². The number of hydrogen-bond donors (Lipinski definition) is 1. The molecule has 0 radical (unpaired) electrons. The number of amides is 2. The maximum absolute atomic E-state index is 13.2. The Morgan fingerprint density at radius 3 is 2.39 bits per heavy atom. The van der Waals surface area contributed by atoms with Gasteiger partial charge in [0, 0.05) is 11.8 Å². The lowest BCUT2D eigenvalue weighted by molar-refractivity contribution is -0.389. The molecule has 3 rings (SSSR count). The van der Waals surface area contributed by atoms with E-state index in [-0.39, 0.29) is 11.6 Å². The van der Waals surface area contributed by atoms with Crippen LogP contribution in [0.25, 0.3) is 0 Å². The zero-order chi connectivity index (χ0) is 22.9. The van der Waals surface area contributed by atoms with Crippen LogP contribution in [0.2, 0.25) is 0 Å². The fourth-order valence-electron chi connectivity index (χ4n) is 3.59. The predicted octanol–water partition coefficient (Wildman–Crippen LogP) is 3.65. The summed E-state index contributed by atoms with van der Waals surface area (Å²) >= 11 is 0. The monoisotopic (exact) mass is 426 g/mol. The molecular formula is C22H26N4O5. The Balaban J connectivity index is 2.02. The zero-order valence-corrected chi connectivity index (χ0v) is 18.3. The van der Waals surface area contributed by atoms with Gasteiger partial charge in [-0.1, -0.05) is 32.0 Å². The molecule has 1 N–H and O–H groups in total. The van der Waals surface area contributed by atoms with Gasteiger partial charge < -0.3 is 20.2 Å². The number of ether oxygens (including phenoxy) is 1. The summed E-state index contributed by atoms with van der Waals surface area (Å²) in [6.45, 7) is 8.74. The number of nitrogens with zero attached hydrogens (tertiary/aromatic N) is 3. The topological polar surface area (TPSA) is 115 Å². The van der Waals surface area contributed by atoms with Crippen LogP contribution in [0.5, 0.6) is 5.75 Å². The molecule has 1 aromatic heterocycles. The summed E-state index contributed by atoms with van der Waals surface area (Å²) in [4.78, 5) is 42.1. The van der Waals surface area contributed by atoms with Crippen molar-refractivity contribution in [3.8, 4) is 5.75 Å². The van der Waals surface area contributed by atoms with Crippen LogP contribution in [-0.4, -0.2) is 33.4 Å². The number of para-hydroxylation sites is 1. The van der Waals surface area contributed by atoms with Gasteiger partial charge in [0.2, 0.25) is 5.91 Å². The maximum atomic E-state index is 13.2. The number of carbonyl (C=O) groups excluding carboxylic acids is 2. The van der Waals surface area contributed by atoms with E-state index < -0.39 is 34.2 Å².